The summed E-state index contributed by atoms with van der Waals surface area (Å²) in [6.45, 7) is 5.47. The van der Waals surface area contributed by atoms with E-state index in [0.717, 1.165) is 4.47 Å². The van der Waals surface area contributed by atoms with Crippen molar-refractivity contribution in [2.75, 3.05) is 0 Å². The Bertz CT molecular complexity index is 264. The summed E-state index contributed by atoms with van der Waals surface area (Å²) in [5.74, 6) is 0. The molecule has 1 atom stereocenters. The molecule has 0 saturated heterocycles. The highest BCUT2D eigenvalue weighted by Crippen LogP contribution is 2.21. The lowest BCUT2D eigenvalue weighted by Crippen LogP contribution is -2.31. The van der Waals surface area contributed by atoms with Gasteiger partial charge in [-0.1, -0.05) is 0 Å². The van der Waals surface area contributed by atoms with Crippen LogP contribution in [-0.2, 0) is 0 Å². The van der Waals surface area contributed by atoms with Crippen LogP contribution in [0.15, 0.2) is 16.9 Å². The third kappa shape index (κ3) is 2.08. The maximum absolute atomic E-state index is 9.67. The van der Waals surface area contributed by atoms with Crippen LogP contribution in [0.1, 0.15) is 26.8 Å². The van der Waals surface area contributed by atoms with E-state index in [1.165, 1.54) is 0 Å². The van der Waals surface area contributed by atoms with Crippen molar-refractivity contribution < 1.29 is 5.11 Å². The van der Waals surface area contributed by atoms with E-state index >= 15 is 0 Å². The molecule has 0 aromatic carbocycles. The summed E-state index contributed by atoms with van der Waals surface area (Å²) < 4.78 is 2.67. The Morgan fingerprint density at radius 2 is 2.25 bits per heavy atom. The van der Waals surface area contributed by atoms with Crippen LogP contribution in [0.5, 0.6) is 0 Å². The molecule has 0 aliphatic carbocycles. The normalized spacial score (nSPS) is 14.8. The fraction of sp³-hybridized carbons (Fsp3) is 0.625. The zero-order chi connectivity index (χ0) is 9.35. The van der Waals surface area contributed by atoms with Crippen LogP contribution >= 0.6 is 15.9 Å². The molecule has 3 nitrogen and oxygen atoms in total. The van der Waals surface area contributed by atoms with E-state index in [1.807, 2.05) is 13.1 Å². The smallest absolute Gasteiger partial charge is 0.0812 e. The minimum absolute atomic E-state index is 0.0243. The lowest BCUT2D eigenvalue weighted by Gasteiger charge is -2.25. The van der Waals surface area contributed by atoms with Gasteiger partial charge >= 0.3 is 0 Å². The molecule has 0 radical (unpaired) electrons. The van der Waals surface area contributed by atoms with E-state index in [1.54, 1.807) is 24.7 Å². The average Bonchev–Trinajstić information content (AvgIpc) is 2.32. The second kappa shape index (κ2) is 3.18. The van der Waals surface area contributed by atoms with Crippen LogP contribution in [0.25, 0.3) is 0 Å². The monoisotopic (exact) mass is 232 g/mol. The number of nitrogens with zero attached hydrogens (tertiary/aromatic N) is 2. The van der Waals surface area contributed by atoms with E-state index in [0.29, 0.717) is 0 Å². The molecule has 0 amide bonds. The minimum atomic E-state index is -0.745. The Labute approximate surface area is 80.5 Å². The molecule has 0 bridgehead atoms. The predicted molar refractivity (Wildman–Crippen MR) is 50.9 cm³/mol. The molecule has 1 heterocycles. The first-order valence-electron chi connectivity index (χ1n) is 3.83. The third-order valence-corrected chi connectivity index (χ3v) is 2.40. The van der Waals surface area contributed by atoms with Gasteiger partial charge in [0.15, 0.2) is 0 Å². The second-order valence-corrected chi connectivity index (χ2v) is 4.38. The Balaban J connectivity index is 2.85. The van der Waals surface area contributed by atoms with E-state index in [2.05, 4.69) is 21.0 Å². The number of aromatic nitrogens is 2. The lowest BCUT2D eigenvalue weighted by molar-refractivity contribution is 0.0258. The SMILES string of the molecule is C[C@@H](n1cc(Br)cn1)C(C)(C)O. The van der Waals surface area contributed by atoms with Crippen molar-refractivity contribution in [1.82, 2.24) is 9.78 Å². The summed E-state index contributed by atoms with van der Waals surface area (Å²) in [5, 5.41) is 13.8. The van der Waals surface area contributed by atoms with Gasteiger partial charge in [0.1, 0.15) is 0 Å². The van der Waals surface area contributed by atoms with E-state index in [4.69, 9.17) is 0 Å². The number of rotatable bonds is 2. The number of halogens is 1. The van der Waals surface area contributed by atoms with Crippen molar-refractivity contribution in [3.8, 4) is 0 Å². The molecule has 1 N–H and O–H groups in total. The zero-order valence-electron chi connectivity index (χ0n) is 7.45. The lowest BCUT2D eigenvalue weighted by atomic mass is 10.0. The largest absolute Gasteiger partial charge is 0.388 e. The highest BCUT2D eigenvalue weighted by molar-refractivity contribution is 9.10. The Kier molecular flexibility index (Phi) is 2.58. The van der Waals surface area contributed by atoms with Gasteiger partial charge in [-0.05, 0) is 36.7 Å². The van der Waals surface area contributed by atoms with Gasteiger partial charge in [0, 0.05) is 6.20 Å². The fourth-order valence-corrected chi connectivity index (χ4v) is 1.15. The zero-order valence-corrected chi connectivity index (χ0v) is 9.04. The van der Waals surface area contributed by atoms with E-state index in [9.17, 15) is 5.11 Å². The topological polar surface area (TPSA) is 38.0 Å². The van der Waals surface area contributed by atoms with Crippen molar-refractivity contribution in [2.45, 2.75) is 32.4 Å². The van der Waals surface area contributed by atoms with Crippen LogP contribution in [0, 0.1) is 0 Å². The molecule has 0 aliphatic rings. The van der Waals surface area contributed by atoms with Gasteiger partial charge in [-0.2, -0.15) is 5.10 Å². The number of aliphatic hydroxyl groups is 1. The fourth-order valence-electron chi connectivity index (χ4n) is 0.850. The highest BCUT2D eigenvalue weighted by atomic mass is 79.9. The molecule has 4 heteroatoms. The number of hydrogen-bond acceptors (Lipinski definition) is 2. The quantitative estimate of drug-likeness (QED) is 0.848. The van der Waals surface area contributed by atoms with E-state index < -0.39 is 5.60 Å². The van der Waals surface area contributed by atoms with Gasteiger partial charge < -0.3 is 5.11 Å². The molecular formula is C8H13BrN2O. The molecule has 68 valence electrons. The predicted octanol–water partition coefficient (Wildman–Crippen LogP) is 1.98. The molecule has 0 aliphatic heterocycles. The van der Waals surface area contributed by atoms with Crippen LogP contribution in [-0.4, -0.2) is 20.5 Å². The van der Waals surface area contributed by atoms with Crippen LogP contribution in [0.2, 0.25) is 0 Å². The maximum Gasteiger partial charge on any atom is 0.0812 e. The van der Waals surface area contributed by atoms with Crippen LogP contribution in [0.4, 0.5) is 0 Å². The molecule has 0 unspecified atom stereocenters. The Morgan fingerprint density at radius 1 is 1.67 bits per heavy atom. The van der Waals surface area contributed by atoms with Crippen molar-refractivity contribution >= 4 is 15.9 Å². The molecule has 0 spiro atoms. The van der Waals surface area contributed by atoms with Crippen molar-refractivity contribution in [3.05, 3.63) is 16.9 Å². The third-order valence-electron chi connectivity index (χ3n) is 1.99. The first-order chi connectivity index (χ1) is 5.41. The maximum atomic E-state index is 9.67. The van der Waals surface area contributed by atoms with Gasteiger partial charge in [-0.15, -0.1) is 0 Å². The van der Waals surface area contributed by atoms with Gasteiger partial charge in [-0.25, -0.2) is 0 Å². The summed E-state index contributed by atoms with van der Waals surface area (Å²) in [6.07, 6.45) is 3.56. The Hall–Kier alpha value is -0.350. The van der Waals surface area contributed by atoms with Gasteiger partial charge in [0.05, 0.1) is 22.3 Å². The van der Waals surface area contributed by atoms with E-state index in [-0.39, 0.29) is 6.04 Å². The average molecular weight is 233 g/mol. The summed E-state index contributed by atoms with van der Waals surface area (Å²) in [7, 11) is 0. The van der Waals surface area contributed by atoms with Gasteiger partial charge in [0.2, 0.25) is 0 Å². The van der Waals surface area contributed by atoms with Crippen molar-refractivity contribution in [2.24, 2.45) is 0 Å². The highest BCUT2D eigenvalue weighted by Gasteiger charge is 2.24. The van der Waals surface area contributed by atoms with Crippen LogP contribution < -0.4 is 0 Å². The molecule has 12 heavy (non-hydrogen) atoms. The summed E-state index contributed by atoms with van der Waals surface area (Å²) in [6, 6.07) is -0.0243. The standard InChI is InChI=1S/C8H13BrN2O/c1-6(8(2,3)12)11-5-7(9)4-10-11/h4-6,12H,1-3H3/t6-/m1/s1. The molecule has 0 fully saturated rings. The van der Waals surface area contributed by atoms with Crippen molar-refractivity contribution in [3.63, 3.8) is 0 Å². The van der Waals surface area contributed by atoms with Gasteiger partial charge in [0.25, 0.3) is 0 Å². The molecular weight excluding hydrogens is 220 g/mol. The van der Waals surface area contributed by atoms with Crippen molar-refractivity contribution in [1.29, 1.82) is 0 Å². The summed E-state index contributed by atoms with van der Waals surface area (Å²) in [4.78, 5) is 0. The molecule has 1 rings (SSSR count). The van der Waals surface area contributed by atoms with Crippen LogP contribution in [0.3, 0.4) is 0 Å². The molecule has 1 aromatic rings. The minimum Gasteiger partial charge on any atom is -0.388 e. The first-order valence-corrected chi connectivity index (χ1v) is 4.62. The first kappa shape index (κ1) is 9.74. The number of hydrogen-bond donors (Lipinski definition) is 1. The van der Waals surface area contributed by atoms with Gasteiger partial charge in [-0.3, -0.25) is 4.68 Å². The molecule has 0 saturated carbocycles. The molecule has 1 aromatic heterocycles. The summed E-state index contributed by atoms with van der Waals surface area (Å²) >= 11 is 3.30. The Morgan fingerprint density at radius 3 is 2.58 bits per heavy atom. The summed E-state index contributed by atoms with van der Waals surface area (Å²) in [5.41, 5.74) is -0.745. The second-order valence-electron chi connectivity index (χ2n) is 3.47.